The average molecular weight is 394 g/mol. The molecule has 3 fully saturated rings. The molecule has 3 aliphatic rings. The Kier molecular flexibility index (Phi) is 4.82. The fraction of sp³-hybridized carbons (Fsp3) is 0.450. The normalized spacial score (nSPS) is 26.9. The number of furan rings is 1. The number of alkyl halides is 3. The van der Waals surface area contributed by atoms with E-state index < -0.39 is 6.36 Å². The smallest absolute Gasteiger partial charge is 0.451 e. The first-order valence-electron chi connectivity index (χ1n) is 9.31. The van der Waals surface area contributed by atoms with Crippen molar-refractivity contribution in [2.24, 2.45) is 5.92 Å². The van der Waals surface area contributed by atoms with Gasteiger partial charge in [0.25, 0.3) is 5.91 Å². The van der Waals surface area contributed by atoms with Crippen molar-refractivity contribution in [3.63, 3.8) is 0 Å². The summed E-state index contributed by atoms with van der Waals surface area (Å²) in [6, 6.07) is 8.93. The molecule has 4 heterocycles. The van der Waals surface area contributed by atoms with Gasteiger partial charge in [0.15, 0.2) is 5.76 Å². The van der Waals surface area contributed by atoms with Crippen molar-refractivity contribution >= 4 is 5.91 Å². The Hall–Kier alpha value is -2.48. The lowest BCUT2D eigenvalue weighted by Crippen LogP contribution is -2.62. The summed E-state index contributed by atoms with van der Waals surface area (Å²) in [6.07, 6.45) is -2.62. The fourth-order valence-corrected chi connectivity index (χ4v) is 4.23. The predicted molar refractivity (Wildman–Crippen MR) is 95.8 cm³/mol. The Labute approximate surface area is 160 Å². The van der Waals surface area contributed by atoms with Gasteiger partial charge in [0.05, 0.1) is 0 Å². The fourth-order valence-electron chi connectivity index (χ4n) is 4.23. The molecule has 5 nitrogen and oxygen atoms in total. The molecule has 2 atom stereocenters. The van der Waals surface area contributed by atoms with Crippen LogP contribution in [0.2, 0.25) is 0 Å². The molecule has 0 radical (unpaired) electrons. The zero-order valence-electron chi connectivity index (χ0n) is 15.3. The number of hydrogen-bond acceptors (Lipinski definition) is 4. The molecule has 2 unspecified atom stereocenters. The Bertz CT molecular complexity index is 854. The molecular formula is C20H21F3N2O3. The van der Waals surface area contributed by atoms with E-state index >= 15 is 0 Å². The molecule has 3 saturated heterocycles. The summed E-state index contributed by atoms with van der Waals surface area (Å²) in [5, 5.41) is 3.08. The van der Waals surface area contributed by atoms with Crippen LogP contribution in [0.3, 0.4) is 0 Å². The van der Waals surface area contributed by atoms with Gasteiger partial charge in [-0.1, -0.05) is 12.1 Å². The second-order valence-corrected chi connectivity index (χ2v) is 7.35. The van der Waals surface area contributed by atoms with Crippen LogP contribution >= 0.6 is 0 Å². The summed E-state index contributed by atoms with van der Waals surface area (Å²) in [5.74, 6) is 0.267. The standard InChI is InChI=1S/C20H21F3N2O3/c1-12-18(13-7-9-25(12)10-8-13)24-19(26)17-6-5-16(27-17)14-3-2-4-15(11-14)28-20(21,22)23/h2-6,11-13,18H,7-10H2,1H3,(H,24,26). The maximum Gasteiger partial charge on any atom is 0.573 e. The highest BCUT2D eigenvalue weighted by atomic mass is 19.4. The van der Waals surface area contributed by atoms with Crippen molar-refractivity contribution in [2.75, 3.05) is 13.1 Å². The summed E-state index contributed by atoms with van der Waals surface area (Å²) in [4.78, 5) is 15.0. The van der Waals surface area contributed by atoms with Gasteiger partial charge in [-0.05, 0) is 63.0 Å². The average Bonchev–Trinajstić information content (AvgIpc) is 3.14. The third-order valence-electron chi connectivity index (χ3n) is 5.66. The number of carbonyl (C=O) groups excluding carboxylic acids is 1. The molecule has 8 heteroatoms. The van der Waals surface area contributed by atoms with E-state index in [-0.39, 0.29) is 29.5 Å². The zero-order valence-corrected chi connectivity index (χ0v) is 15.3. The number of nitrogens with one attached hydrogen (secondary N) is 1. The zero-order chi connectivity index (χ0) is 19.9. The van der Waals surface area contributed by atoms with Crippen LogP contribution in [0.5, 0.6) is 5.75 Å². The first kappa shape index (κ1) is 18.9. The molecule has 1 aromatic carbocycles. The van der Waals surface area contributed by atoms with Crippen LogP contribution in [-0.4, -0.2) is 42.3 Å². The van der Waals surface area contributed by atoms with Crippen molar-refractivity contribution in [1.82, 2.24) is 10.2 Å². The van der Waals surface area contributed by atoms with Gasteiger partial charge in [0.2, 0.25) is 0 Å². The van der Waals surface area contributed by atoms with Gasteiger partial charge in [-0.25, -0.2) is 0 Å². The predicted octanol–water partition coefficient (Wildman–Crippen LogP) is 4.06. The first-order chi connectivity index (χ1) is 13.3. The quantitative estimate of drug-likeness (QED) is 0.850. The minimum absolute atomic E-state index is 0.0760. The number of piperidine rings is 3. The summed E-state index contributed by atoms with van der Waals surface area (Å²) in [5.41, 5.74) is 0.400. The highest BCUT2D eigenvalue weighted by molar-refractivity contribution is 5.92. The molecule has 1 N–H and O–H groups in total. The molecule has 28 heavy (non-hydrogen) atoms. The van der Waals surface area contributed by atoms with E-state index in [1.54, 1.807) is 12.1 Å². The SMILES string of the molecule is CC1C(NC(=O)c2ccc(-c3cccc(OC(F)(F)F)c3)o2)C2CCN1CC2. The molecule has 3 aliphatic heterocycles. The van der Waals surface area contributed by atoms with Crippen molar-refractivity contribution in [1.29, 1.82) is 0 Å². The Morgan fingerprint density at radius 2 is 1.96 bits per heavy atom. The van der Waals surface area contributed by atoms with Crippen LogP contribution in [-0.2, 0) is 0 Å². The number of fused-ring (bicyclic) bond motifs is 3. The number of rotatable bonds is 4. The largest absolute Gasteiger partial charge is 0.573 e. The van der Waals surface area contributed by atoms with E-state index in [2.05, 4.69) is 21.9 Å². The van der Waals surface area contributed by atoms with E-state index in [0.29, 0.717) is 17.2 Å². The maximum absolute atomic E-state index is 12.6. The van der Waals surface area contributed by atoms with Gasteiger partial charge in [0, 0.05) is 17.6 Å². The van der Waals surface area contributed by atoms with E-state index in [0.717, 1.165) is 25.9 Å². The minimum Gasteiger partial charge on any atom is -0.451 e. The molecule has 0 spiro atoms. The summed E-state index contributed by atoms with van der Waals surface area (Å²) in [6.45, 7) is 4.26. The van der Waals surface area contributed by atoms with Crippen LogP contribution < -0.4 is 10.1 Å². The van der Waals surface area contributed by atoms with Gasteiger partial charge in [-0.15, -0.1) is 13.2 Å². The number of nitrogens with zero attached hydrogens (tertiary/aromatic N) is 1. The van der Waals surface area contributed by atoms with Crippen LogP contribution in [0, 0.1) is 5.92 Å². The van der Waals surface area contributed by atoms with E-state index in [1.165, 1.54) is 24.3 Å². The molecule has 0 aliphatic carbocycles. The van der Waals surface area contributed by atoms with Crippen LogP contribution in [0.1, 0.15) is 30.3 Å². The molecule has 1 aromatic heterocycles. The molecule has 2 aromatic rings. The highest BCUT2D eigenvalue weighted by Crippen LogP contribution is 2.33. The van der Waals surface area contributed by atoms with Gasteiger partial charge >= 0.3 is 6.36 Å². The molecule has 0 saturated carbocycles. The van der Waals surface area contributed by atoms with E-state index in [1.807, 2.05) is 0 Å². The third-order valence-corrected chi connectivity index (χ3v) is 5.66. The van der Waals surface area contributed by atoms with Gasteiger partial charge in [0.1, 0.15) is 11.5 Å². The maximum atomic E-state index is 12.6. The Balaban J connectivity index is 1.47. The molecule has 150 valence electrons. The number of ether oxygens (including phenoxy) is 1. The summed E-state index contributed by atoms with van der Waals surface area (Å²) < 4.78 is 46.7. The molecule has 2 bridgehead atoms. The number of halogens is 3. The second kappa shape index (κ2) is 7.16. The van der Waals surface area contributed by atoms with E-state index in [9.17, 15) is 18.0 Å². The van der Waals surface area contributed by atoms with Gasteiger partial charge < -0.3 is 14.5 Å². The lowest BCUT2D eigenvalue weighted by atomic mass is 9.79. The van der Waals surface area contributed by atoms with Crippen molar-refractivity contribution in [3.05, 3.63) is 42.2 Å². The third kappa shape index (κ3) is 3.87. The monoisotopic (exact) mass is 394 g/mol. The van der Waals surface area contributed by atoms with Crippen LogP contribution in [0.15, 0.2) is 40.8 Å². The minimum atomic E-state index is -4.76. The lowest BCUT2D eigenvalue weighted by Gasteiger charge is -2.49. The second-order valence-electron chi connectivity index (χ2n) is 7.35. The summed E-state index contributed by atoms with van der Waals surface area (Å²) in [7, 11) is 0. The topological polar surface area (TPSA) is 54.7 Å². The van der Waals surface area contributed by atoms with Gasteiger partial charge in [-0.3, -0.25) is 9.69 Å². The van der Waals surface area contributed by atoms with Gasteiger partial charge in [-0.2, -0.15) is 0 Å². The van der Waals surface area contributed by atoms with E-state index in [4.69, 9.17) is 4.42 Å². The summed E-state index contributed by atoms with van der Waals surface area (Å²) >= 11 is 0. The highest BCUT2D eigenvalue weighted by Gasteiger charge is 2.40. The number of amides is 1. The lowest BCUT2D eigenvalue weighted by molar-refractivity contribution is -0.274. The van der Waals surface area contributed by atoms with Crippen LogP contribution in [0.4, 0.5) is 13.2 Å². The Morgan fingerprint density at radius 1 is 1.21 bits per heavy atom. The molecule has 5 rings (SSSR count). The number of hydrogen-bond donors (Lipinski definition) is 1. The number of benzene rings is 1. The first-order valence-corrected chi connectivity index (χ1v) is 9.31. The Morgan fingerprint density at radius 3 is 2.64 bits per heavy atom. The van der Waals surface area contributed by atoms with Crippen molar-refractivity contribution in [3.8, 4) is 17.1 Å². The molecule has 1 amide bonds. The van der Waals surface area contributed by atoms with Crippen molar-refractivity contribution in [2.45, 2.75) is 38.2 Å². The van der Waals surface area contributed by atoms with Crippen LogP contribution in [0.25, 0.3) is 11.3 Å². The van der Waals surface area contributed by atoms with Crippen molar-refractivity contribution < 1.29 is 27.1 Å². The number of carbonyl (C=O) groups is 1. The molecular weight excluding hydrogens is 373 g/mol.